The zero-order valence-corrected chi connectivity index (χ0v) is 13.0. The third-order valence-corrected chi connectivity index (χ3v) is 3.97. The zero-order valence-electron chi connectivity index (χ0n) is 12.2. The van der Waals surface area contributed by atoms with E-state index in [1.54, 1.807) is 0 Å². The van der Waals surface area contributed by atoms with Crippen molar-refractivity contribution in [1.82, 2.24) is 10.4 Å². The predicted octanol–water partition coefficient (Wildman–Crippen LogP) is -1.33. The molecule has 0 aliphatic carbocycles. The second-order valence-electron chi connectivity index (χ2n) is 4.80. The first-order chi connectivity index (χ1) is 11.2. The number of imide groups is 1. The number of hydrogen-bond acceptors (Lipinski definition) is 7. The molecule has 1 heterocycles. The number of amides is 3. The van der Waals surface area contributed by atoms with Gasteiger partial charge in [0.05, 0.1) is 4.90 Å². The highest BCUT2D eigenvalue weighted by molar-refractivity contribution is 7.89. The molecule has 0 radical (unpaired) electrons. The molecule has 0 aromatic heterocycles. The molecule has 10 nitrogen and oxygen atoms in total. The Kier molecular flexibility index (Phi) is 4.95. The first kappa shape index (κ1) is 17.6. The maximum atomic E-state index is 11.8. The minimum atomic E-state index is -3.87. The van der Waals surface area contributed by atoms with Crippen LogP contribution in [0.15, 0.2) is 29.2 Å². The summed E-state index contributed by atoms with van der Waals surface area (Å²) >= 11 is 0. The monoisotopic (exact) mass is 355 g/mol. The summed E-state index contributed by atoms with van der Waals surface area (Å²) in [6.45, 7) is -0.577. The lowest BCUT2D eigenvalue weighted by Gasteiger charge is -2.12. The van der Waals surface area contributed by atoms with Crippen molar-refractivity contribution in [2.45, 2.75) is 17.7 Å². The summed E-state index contributed by atoms with van der Waals surface area (Å²) in [6, 6.07) is 4.72. The molecule has 1 fully saturated rings. The molecule has 3 amide bonds. The van der Waals surface area contributed by atoms with E-state index in [0.717, 1.165) is 12.1 Å². The van der Waals surface area contributed by atoms with E-state index in [1.807, 2.05) is 0 Å². The Labute approximate surface area is 136 Å². The lowest BCUT2D eigenvalue weighted by molar-refractivity contribution is -0.196. The van der Waals surface area contributed by atoms with Crippen LogP contribution in [0.1, 0.15) is 23.2 Å². The highest BCUT2D eigenvalue weighted by Crippen LogP contribution is 2.12. The molecule has 1 saturated heterocycles. The molecule has 1 aromatic rings. The molecular weight excluding hydrogens is 342 g/mol. The summed E-state index contributed by atoms with van der Waals surface area (Å²) in [6.07, 6.45) is -0.0657. The Balaban J connectivity index is 1.89. The number of sulfonamides is 1. The van der Waals surface area contributed by atoms with Crippen molar-refractivity contribution < 1.29 is 32.4 Å². The summed E-state index contributed by atoms with van der Waals surface area (Å²) in [5.41, 5.74) is 0.0866. The number of carbonyl (C=O) groups is 4. The third kappa shape index (κ3) is 4.14. The third-order valence-electron chi connectivity index (χ3n) is 3.04. The molecule has 0 unspecified atom stereocenters. The summed E-state index contributed by atoms with van der Waals surface area (Å²) < 4.78 is 22.2. The average Bonchev–Trinajstić information content (AvgIpc) is 2.84. The number of rotatable bonds is 5. The van der Waals surface area contributed by atoms with Crippen molar-refractivity contribution >= 4 is 33.7 Å². The van der Waals surface area contributed by atoms with Crippen LogP contribution in [-0.4, -0.2) is 43.7 Å². The fraction of sp³-hybridized carbons (Fsp3) is 0.231. The average molecular weight is 355 g/mol. The van der Waals surface area contributed by atoms with E-state index < -0.39 is 40.3 Å². The highest BCUT2D eigenvalue weighted by atomic mass is 32.2. The fourth-order valence-electron chi connectivity index (χ4n) is 1.84. The summed E-state index contributed by atoms with van der Waals surface area (Å²) in [5.74, 6) is -2.92. The predicted molar refractivity (Wildman–Crippen MR) is 77.3 cm³/mol. The van der Waals surface area contributed by atoms with Gasteiger partial charge < -0.3 is 10.2 Å². The Morgan fingerprint density at radius 3 is 2.17 bits per heavy atom. The largest absolute Gasteiger partial charge is 0.352 e. The molecule has 0 saturated carbocycles. The van der Waals surface area contributed by atoms with Crippen molar-refractivity contribution in [2.75, 3.05) is 6.54 Å². The van der Waals surface area contributed by atoms with Crippen molar-refractivity contribution in [3.05, 3.63) is 29.8 Å². The molecule has 2 rings (SSSR count). The zero-order chi connectivity index (χ0) is 17.9. The van der Waals surface area contributed by atoms with Crippen LogP contribution in [0, 0.1) is 0 Å². The lowest BCUT2D eigenvalue weighted by atomic mass is 10.2. The second kappa shape index (κ2) is 6.76. The van der Waals surface area contributed by atoms with E-state index in [9.17, 15) is 27.6 Å². The SMILES string of the molecule is NS(=O)(=O)c1ccc(C(=O)NCC(=O)ON2C(=O)CCC2=O)cc1. The van der Waals surface area contributed by atoms with E-state index in [0.29, 0.717) is 5.06 Å². The number of hydrogen-bond donors (Lipinski definition) is 2. The number of nitrogens with one attached hydrogen (secondary N) is 1. The smallest absolute Gasteiger partial charge is 0.341 e. The molecule has 1 aliphatic rings. The number of hydroxylamine groups is 2. The first-order valence-electron chi connectivity index (χ1n) is 6.66. The molecule has 0 spiro atoms. The van der Waals surface area contributed by atoms with E-state index in [4.69, 9.17) is 5.14 Å². The van der Waals surface area contributed by atoms with Crippen LogP contribution in [0.5, 0.6) is 0 Å². The molecule has 128 valence electrons. The molecular formula is C13H13N3O7S. The quantitative estimate of drug-likeness (QED) is 0.620. The van der Waals surface area contributed by atoms with Crippen molar-refractivity contribution in [3.63, 3.8) is 0 Å². The summed E-state index contributed by atoms with van der Waals surface area (Å²) in [5, 5.41) is 7.52. The van der Waals surface area contributed by atoms with Gasteiger partial charge in [-0.05, 0) is 24.3 Å². The molecule has 11 heteroatoms. The first-order valence-corrected chi connectivity index (χ1v) is 8.21. The van der Waals surface area contributed by atoms with E-state index in [2.05, 4.69) is 10.2 Å². The van der Waals surface area contributed by atoms with Gasteiger partial charge in [-0.25, -0.2) is 18.4 Å². The molecule has 24 heavy (non-hydrogen) atoms. The van der Waals surface area contributed by atoms with Crippen LogP contribution in [-0.2, 0) is 29.2 Å². The summed E-state index contributed by atoms with van der Waals surface area (Å²) in [7, 11) is -3.87. The topological polar surface area (TPSA) is 153 Å². The Bertz CT molecular complexity index is 785. The molecule has 0 atom stereocenters. The Hall–Kier alpha value is -2.79. The highest BCUT2D eigenvalue weighted by Gasteiger charge is 2.32. The minimum absolute atomic E-state index is 0.0329. The van der Waals surface area contributed by atoms with Gasteiger partial charge >= 0.3 is 5.97 Å². The number of primary sulfonamides is 1. The number of carbonyl (C=O) groups excluding carboxylic acids is 4. The van der Waals surface area contributed by atoms with Gasteiger partial charge in [0.2, 0.25) is 10.0 Å². The Morgan fingerprint density at radius 1 is 1.12 bits per heavy atom. The van der Waals surface area contributed by atoms with Crippen LogP contribution in [0.3, 0.4) is 0 Å². The van der Waals surface area contributed by atoms with Gasteiger partial charge in [-0.15, -0.1) is 5.06 Å². The van der Waals surface area contributed by atoms with E-state index >= 15 is 0 Å². The van der Waals surface area contributed by atoms with Crippen LogP contribution in [0.4, 0.5) is 0 Å². The van der Waals surface area contributed by atoms with Crippen molar-refractivity contribution in [1.29, 1.82) is 0 Å². The van der Waals surface area contributed by atoms with Gasteiger partial charge in [-0.3, -0.25) is 14.4 Å². The van der Waals surface area contributed by atoms with E-state index in [-0.39, 0.29) is 23.3 Å². The number of nitrogens with two attached hydrogens (primary N) is 1. The van der Waals surface area contributed by atoms with Gasteiger partial charge in [0.1, 0.15) is 6.54 Å². The minimum Gasteiger partial charge on any atom is -0.341 e. The van der Waals surface area contributed by atoms with Gasteiger partial charge in [-0.2, -0.15) is 0 Å². The van der Waals surface area contributed by atoms with Crippen LogP contribution in [0.25, 0.3) is 0 Å². The van der Waals surface area contributed by atoms with Gasteiger partial charge in [0, 0.05) is 18.4 Å². The van der Waals surface area contributed by atoms with Crippen LogP contribution >= 0.6 is 0 Å². The standard InChI is InChI=1S/C13H13N3O7S/c14-24(21,22)9-3-1-8(2-4-9)13(20)15-7-12(19)23-16-10(17)5-6-11(16)18/h1-4H,5-7H2,(H,15,20)(H2,14,21,22). The normalized spacial score (nSPS) is 14.6. The van der Waals surface area contributed by atoms with Crippen molar-refractivity contribution in [2.24, 2.45) is 5.14 Å². The number of benzene rings is 1. The molecule has 1 aromatic carbocycles. The summed E-state index contributed by atoms with van der Waals surface area (Å²) in [4.78, 5) is 50.3. The molecule has 1 aliphatic heterocycles. The maximum Gasteiger partial charge on any atom is 0.352 e. The number of nitrogens with zero attached hydrogens (tertiary/aromatic N) is 1. The van der Waals surface area contributed by atoms with E-state index in [1.165, 1.54) is 12.1 Å². The maximum absolute atomic E-state index is 11.8. The molecule has 0 bridgehead atoms. The molecule has 3 N–H and O–H groups in total. The van der Waals surface area contributed by atoms with Gasteiger partial charge in [0.25, 0.3) is 17.7 Å². The van der Waals surface area contributed by atoms with Crippen molar-refractivity contribution in [3.8, 4) is 0 Å². The lowest BCUT2D eigenvalue weighted by Crippen LogP contribution is -2.37. The van der Waals surface area contributed by atoms with Crippen LogP contribution < -0.4 is 10.5 Å². The fourth-order valence-corrected chi connectivity index (χ4v) is 2.36. The Morgan fingerprint density at radius 2 is 1.67 bits per heavy atom. The van der Waals surface area contributed by atoms with Crippen LogP contribution in [0.2, 0.25) is 0 Å². The second-order valence-corrected chi connectivity index (χ2v) is 6.36. The van der Waals surface area contributed by atoms with Gasteiger partial charge in [-0.1, -0.05) is 0 Å². The van der Waals surface area contributed by atoms with Gasteiger partial charge in [0.15, 0.2) is 0 Å².